The van der Waals surface area contributed by atoms with E-state index in [1.807, 2.05) is 43.4 Å². The Bertz CT molecular complexity index is 1120. The van der Waals surface area contributed by atoms with Crippen molar-refractivity contribution in [1.82, 2.24) is 19.7 Å². The Labute approximate surface area is 180 Å². The number of amides is 1. The van der Waals surface area contributed by atoms with E-state index in [-0.39, 0.29) is 12.0 Å². The van der Waals surface area contributed by atoms with Gasteiger partial charge in [-0.15, -0.1) is 0 Å². The zero-order valence-electron chi connectivity index (χ0n) is 17.1. The molecule has 0 unspecified atom stereocenters. The molecule has 1 atom stereocenters. The second kappa shape index (κ2) is 7.43. The highest BCUT2D eigenvalue weighted by atomic mass is 35.5. The van der Waals surface area contributed by atoms with Crippen LogP contribution in [0, 0.1) is 6.92 Å². The van der Waals surface area contributed by atoms with Gasteiger partial charge in [-0.3, -0.25) is 14.5 Å². The zero-order chi connectivity index (χ0) is 20.8. The van der Waals surface area contributed by atoms with Crippen LogP contribution in [0.1, 0.15) is 39.9 Å². The number of carbonyl (C=O) groups is 1. The summed E-state index contributed by atoms with van der Waals surface area (Å²) in [5, 5.41) is 4.74. The molecular formula is C23H23ClN4O2. The molecule has 0 spiro atoms. The maximum atomic E-state index is 13.1. The predicted octanol–water partition coefficient (Wildman–Crippen LogP) is 4.03. The molecule has 1 saturated heterocycles. The van der Waals surface area contributed by atoms with Crippen LogP contribution in [0.25, 0.3) is 11.3 Å². The fourth-order valence-electron chi connectivity index (χ4n) is 4.26. The van der Waals surface area contributed by atoms with Crippen molar-refractivity contribution >= 4 is 17.5 Å². The van der Waals surface area contributed by atoms with E-state index in [2.05, 4.69) is 16.1 Å². The van der Waals surface area contributed by atoms with E-state index in [0.29, 0.717) is 29.3 Å². The summed E-state index contributed by atoms with van der Waals surface area (Å²) in [6.45, 7) is 3.40. The van der Waals surface area contributed by atoms with Gasteiger partial charge in [-0.25, -0.2) is 0 Å². The van der Waals surface area contributed by atoms with Crippen molar-refractivity contribution in [3.05, 3.63) is 64.1 Å². The third kappa shape index (κ3) is 3.35. The molecule has 5 rings (SSSR count). The molecule has 2 aliphatic heterocycles. The molecule has 6 nitrogen and oxygen atoms in total. The molecule has 2 aromatic heterocycles. The van der Waals surface area contributed by atoms with Crippen LogP contribution in [-0.4, -0.2) is 44.8 Å². The molecule has 154 valence electrons. The molecule has 0 N–H and O–H groups in total. The lowest BCUT2D eigenvalue weighted by Gasteiger charge is -2.29. The Hall–Kier alpha value is -2.86. The summed E-state index contributed by atoms with van der Waals surface area (Å²) in [5.74, 6) is 0.558. The Morgan fingerprint density at radius 1 is 1.30 bits per heavy atom. The minimum atomic E-state index is 0.0143. The molecule has 7 heteroatoms. The van der Waals surface area contributed by atoms with E-state index < -0.39 is 0 Å². The lowest BCUT2D eigenvalue weighted by atomic mass is 9.97. The molecule has 4 heterocycles. The normalized spacial score (nSPS) is 18.0. The largest absolute Gasteiger partial charge is 0.486 e. The summed E-state index contributed by atoms with van der Waals surface area (Å²) >= 11 is 6.70. The van der Waals surface area contributed by atoms with Gasteiger partial charge in [0, 0.05) is 31.5 Å². The number of hydrogen-bond donors (Lipinski definition) is 0. The predicted molar refractivity (Wildman–Crippen MR) is 115 cm³/mol. The minimum absolute atomic E-state index is 0.0143. The smallest absolute Gasteiger partial charge is 0.257 e. The molecule has 2 bridgehead atoms. The first kappa shape index (κ1) is 19.1. The molecule has 0 aliphatic carbocycles. The van der Waals surface area contributed by atoms with E-state index >= 15 is 0 Å². The minimum Gasteiger partial charge on any atom is -0.486 e. The number of pyridine rings is 1. The van der Waals surface area contributed by atoms with Crippen LogP contribution in [0.5, 0.6) is 5.75 Å². The number of aromatic nitrogens is 3. The van der Waals surface area contributed by atoms with Crippen LogP contribution in [-0.2, 0) is 13.5 Å². The number of benzene rings is 1. The summed E-state index contributed by atoms with van der Waals surface area (Å²) in [4.78, 5) is 19.6. The van der Waals surface area contributed by atoms with Gasteiger partial charge in [0.2, 0.25) is 0 Å². The first-order chi connectivity index (χ1) is 14.5. The fourth-order valence-corrected chi connectivity index (χ4v) is 4.53. The van der Waals surface area contributed by atoms with E-state index in [1.54, 1.807) is 10.9 Å². The van der Waals surface area contributed by atoms with Crippen molar-refractivity contribution in [2.75, 3.05) is 13.1 Å². The third-order valence-corrected chi connectivity index (χ3v) is 6.43. The van der Waals surface area contributed by atoms with E-state index in [4.69, 9.17) is 16.3 Å². The molecular weight excluding hydrogens is 400 g/mol. The second-order valence-electron chi connectivity index (χ2n) is 8.12. The van der Waals surface area contributed by atoms with Gasteiger partial charge in [0.05, 0.1) is 29.0 Å². The van der Waals surface area contributed by atoms with Crippen molar-refractivity contribution in [3.63, 3.8) is 0 Å². The summed E-state index contributed by atoms with van der Waals surface area (Å²) in [7, 11) is 1.89. The molecule has 0 saturated carbocycles. The number of halogens is 1. The van der Waals surface area contributed by atoms with Crippen LogP contribution in [0.4, 0.5) is 0 Å². The molecule has 30 heavy (non-hydrogen) atoms. The van der Waals surface area contributed by atoms with E-state index in [1.165, 1.54) is 0 Å². The molecule has 1 aromatic carbocycles. The van der Waals surface area contributed by atoms with Gasteiger partial charge in [-0.2, -0.15) is 5.10 Å². The van der Waals surface area contributed by atoms with Crippen LogP contribution >= 0.6 is 11.6 Å². The molecule has 1 amide bonds. The van der Waals surface area contributed by atoms with Gasteiger partial charge in [-0.05, 0) is 55.0 Å². The van der Waals surface area contributed by atoms with Gasteiger partial charge in [0.15, 0.2) is 5.75 Å². The number of piperidine rings is 1. The SMILES string of the molecule is Cc1c(Cc2ccc(-c3cnn(C)c3)nc2)cc2c(c1Cl)O[C@@H]1CCCN(C1)C2=O. The summed E-state index contributed by atoms with van der Waals surface area (Å²) in [5.41, 5.74) is 5.46. The highest BCUT2D eigenvalue weighted by Gasteiger charge is 2.34. The van der Waals surface area contributed by atoms with Crippen LogP contribution in [0.2, 0.25) is 5.02 Å². The van der Waals surface area contributed by atoms with Gasteiger partial charge >= 0.3 is 0 Å². The molecule has 0 radical (unpaired) electrons. The molecule has 1 fully saturated rings. The highest BCUT2D eigenvalue weighted by Crippen LogP contribution is 2.39. The number of carbonyl (C=O) groups excluding carboxylic acids is 1. The standard InChI is InChI=1S/C23H23ClN4O2/c1-14-16(8-15-5-6-20(25-10-15)17-11-26-27(2)12-17)9-19-22(21(14)24)30-18-4-3-7-28(13-18)23(19)29/h5-6,9-12,18H,3-4,7-8,13H2,1-2H3/t18-/m1/s1. The van der Waals surface area contributed by atoms with Crippen molar-refractivity contribution in [2.45, 2.75) is 32.3 Å². The number of rotatable bonds is 3. The number of nitrogens with zero attached hydrogens (tertiary/aromatic N) is 4. The summed E-state index contributed by atoms with van der Waals surface area (Å²) in [6, 6.07) is 6.01. The van der Waals surface area contributed by atoms with Crippen molar-refractivity contribution in [3.8, 4) is 17.0 Å². The van der Waals surface area contributed by atoms with Crippen LogP contribution in [0.3, 0.4) is 0 Å². The summed E-state index contributed by atoms with van der Waals surface area (Å²) in [6.07, 6.45) is 8.20. The third-order valence-electron chi connectivity index (χ3n) is 5.97. The van der Waals surface area contributed by atoms with Crippen LogP contribution in [0.15, 0.2) is 36.8 Å². The average molecular weight is 423 g/mol. The van der Waals surface area contributed by atoms with E-state index in [9.17, 15) is 4.79 Å². The number of hydrogen-bond acceptors (Lipinski definition) is 4. The average Bonchev–Trinajstić information content (AvgIpc) is 3.16. The van der Waals surface area contributed by atoms with Crippen LogP contribution < -0.4 is 4.74 Å². The molecule has 3 aromatic rings. The number of fused-ring (bicyclic) bond motifs is 3. The fraction of sp³-hybridized carbons (Fsp3) is 0.348. The first-order valence-corrected chi connectivity index (χ1v) is 10.6. The van der Waals surface area contributed by atoms with Gasteiger partial charge in [-0.1, -0.05) is 17.7 Å². The first-order valence-electron chi connectivity index (χ1n) is 10.2. The second-order valence-corrected chi connectivity index (χ2v) is 8.49. The Morgan fingerprint density at radius 2 is 2.17 bits per heavy atom. The highest BCUT2D eigenvalue weighted by molar-refractivity contribution is 6.33. The number of aryl methyl sites for hydroxylation is 1. The van der Waals surface area contributed by atoms with Crippen molar-refractivity contribution in [2.24, 2.45) is 7.05 Å². The van der Waals surface area contributed by atoms with E-state index in [0.717, 1.165) is 47.3 Å². The topological polar surface area (TPSA) is 60.2 Å². The Balaban J connectivity index is 1.47. The lowest BCUT2D eigenvalue weighted by Crippen LogP contribution is -2.41. The Kier molecular flexibility index (Phi) is 4.74. The van der Waals surface area contributed by atoms with Crippen molar-refractivity contribution < 1.29 is 9.53 Å². The van der Waals surface area contributed by atoms with Gasteiger partial charge in [0.25, 0.3) is 5.91 Å². The number of ether oxygens (including phenoxy) is 1. The maximum absolute atomic E-state index is 13.1. The summed E-state index contributed by atoms with van der Waals surface area (Å²) < 4.78 is 7.93. The van der Waals surface area contributed by atoms with Gasteiger partial charge < -0.3 is 9.64 Å². The zero-order valence-corrected chi connectivity index (χ0v) is 17.8. The van der Waals surface area contributed by atoms with Crippen molar-refractivity contribution in [1.29, 1.82) is 0 Å². The lowest BCUT2D eigenvalue weighted by molar-refractivity contribution is 0.0613. The molecule has 2 aliphatic rings. The quantitative estimate of drug-likeness (QED) is 0.639. The monoisotopic (exact) mass is 422 g/mol. The maximum Gasteiger partial charge on any atom is 0.257 e. The van der Waals surface area contributed by atoms with Gasteiger partial charge in [0.1, 0.15) is 6.10 Å². The Morgan fingerprint density at radius 3 is 2.90 bits per heavy atom.